The first kappa shape index (κ1) is 21.3. The summed E-state index contributed by atoms with van der Waals surface area (Å²) < 4.78 is 7.19. The number of carbonyl (C=O) groups excluding carboxylic acids is 1. The van der Waals surface area contributed by atoms with Gasteiger partial charge in [-0.05, 0) is 65.6 Å². The van der Waals surface area contributed by atoms with Crippen LogP contribution in [0.25, 0.3) is 0 Å². The Hall–Kier alpha value is -1.37. The largest absolute Gasteiger partial charge is 0.496 e. The number of benzene rings is 2. The molecule has 1 fully saturated rings. The van der Waals surface area contributed by atoms with Gasteiger partial charge in [-0.3, -0.25) is 9.69 Å². The fraction of sp³-hybridized carbons (Fsp3) is 0.409. The summed E-state index contributed by atoms with van der Waals surface area (Å²) in [4.78, 5) is 15.3. The quantitative estimate of drug-likeness (QED) is 0.501. The normalized spacial score (nSPS) is 14.9. The van der Waals surface area contributed by atoms with E-state index in [0.29, 0.717) is 17.4 Å². The number of anilines is 1. The highest BCUT2D eigenvalue weighted by Crippen LogP contribution is 2.33. The van der Waals surface area contributed by atoms with Gasteiger partial charge in [0.2, 0.25) is 0 Å². The van der Waals surface area contributed by atoms with Crippen LogP contribution in [0.4, 0.5) is 5.69 Å². The number of amides is 1. The van der Waals surface area contributed by atoms with Crippen LogP contribution in [-0.4, -0.2) is 31.0 Å². The lowest BCUT2D eigenvalue weighted by Gasteiger charge is -2.32. The van der Waals surface area contributed by atoms with Gasteiger partial charge in [-0.2, -0.15) is 0 Å². The first-order valence-electron chi connectivity index (χ1n) is 9.62. The minimum atomic E-state index is -0.179. The second kappa shape index (κ2) is 9.90. The molecular formula is C22H26Br2N2O2. The first-order valence-corrected chi connectivity index (χ1v) is 11.2. The highest BCUT2D eigenvalue weighted by Gasteiger charge is 2.21. The van der Waals surface area contributed by atoms with E-state index < -0.39 is 0 Å². The maximum absolute atomic E-state index is 12.9. The number of para-hydroxylation sites is 1. The maximum atomic E-state index is 12.9. The summed E-state index contributed by atoms with van der Waals surface area (Å²) in [5, 5.41) is 3.09. The van der Waals surface area contributed by atoms with Gasteiger partial charge >= 0.3 is 0 Å². The molecule has 0 aromatic heterocycles. The lowest BCUT2D eigenvalue weighted by atomic mass is 9.94. The number of carbonyl (C=O) groups is 1. The third-order valence-electron chi connectivity index (χ3n) is 5.34. The Kier molecular flexibility index (Phi) is 7.55. The fourth-order valence-electron chi connectivity index (χ4n) is 3.82. The molecule has 0 radical (unpaired) electrons. The van der Waals surface area contributed by atoms with Crippen molar-refractivity contribution in [1.29, 1.82) is 0 Å². The van der Waals surface area contributed by atoms with Crippen molar-refractivity contribution in [1.82, 2.24) is 4.90 Å². The molecule has 4 nitrogen and oxygen atoms in total. The summed E-state index contributed by atoms with van der Waals surface area (Å²) in [6.45, 7) is 0.782. The van der Waals surface area contributed by atoms with Crippen LogP contribution in [0.3, 0.4) is 0 Å². The molecule has 6 heteroatoms. The molecule has 0 bridgehead atoms. The van der Waals surface area contributed by atoms with E-state index in [2.05, 4.69) is 55.2 Å². The van der Waals surface area contributed by atoms with Crippen molar-refractivity contribution in [2.45, 2.75) is 44.7 Å². The molecule has 1 saturated carbocycles. The van der Waals surface area contributed by atoms with Gasteiger partial charge in [0, 0.05) is 21.5 Å². The van der Waals surface area contributed by atoms with Crippen LogP contribution >= 0.6 is 31.9 Å². The third kappa shape index (κ3) is 5.16. The van der Waals surface area contributed by atoms with Crippen molar-refractivity contribution in [3.8, 4) is 5.75 Å². The van der Waals surface area contributed by atoms with E-state index in [0.717, 1.165) is 26.7 Å². The minimum absolute atomic E-state index is 0.179. The van der Waals surface area contributed by atoms with E-state index in [9.17, 15) is 4.79 Å². The number of rotatable bonds is 6. The van der Waals surface area contributed by atoms with E-state index in [-0.39, 0.29) is 5.91 Å². The number of methoxy groups -OCH3 is 1. The lowest BCUT2D eigenvalue weighted by molar-refractivity contribution is 0.102. The second-order valence-electron chi connectivity index (χ2n) is 7.28. The molecule has 3 rings (SSSR count). The van der Waals surface area contributed by atoms with E-state index in [1.807, 2.05) is 18.2 Å². The molecule has 0 saturated heterocycles. The molecule has 0 atom stereocenters. The molecule has 0 unspecified atom stereocenters. The van der Waals surface area contributed by atoms with Crippen LogP contribution in [-0.2, 0) is 6.54 Å². The molecule has 0 aliphatic heterocycles. The predicted octanol–water partition coefficient (Wildman–Crippen LogP) is 6.24. The predicted molar refractivity (Wildman–Crippen MR) is 121 cm³/mol. The van der Waals surface area contributed by atoms with E-state index >= 15 is 0 Å². The zero-order valence-electron chi connectivity index (χ0n) is 16.3. The van der Waals surface area contributed by atoms with Gasteiger partial charge in [0.15, 0.2) is 0 Å². The number of halogens is 2. The molecular weight excluding hydrogens is 484 g/mol. The highest BCUT2D eigenvalue weighted by atomic mass is 79.9. The highest BCUT2D eigenvalue weighted by molar-refractivity contribution is 9.11. The fourth-order valence-corrected chi connectivity index (χ4v) is 5.24. The molecule has 0 spiro atoms. The summed E-state index contributed by atoms with van der Waals surface area (Å²) in [5.41, 5.74) is 2.41. The van der Waals surface area contributed by atoms with Crippen molar-refractivity contribution in [2.75, 3.05) is 19.5 Å². The molecule has 1 amide bonds. The van der Waals surface area contributed by atoms with Gasteiger partial charge in [0.25, 0.3) is 5.91 Å². The van der Waals surface area contributed by atoms with Crippen LogP contribution in [0, 0.1) is 0 Å². The summed E-state index contributed by atoms with van der Waals surface area (Å²) >= 11 is 7.21. The van der Waals surface area contributed by atoms with Crippen molar-refractivity contribution in [3.63, 3.8) is 0 Å². The molecule has 2 aromatic carbocycles. The molecule has 150 valence electrons. The van der Waals surface area contributed by atoms with Gasteiger partial charge in [0.05, 0.1) is 18.4 Å². The molecule has 0 heterocycles. The van der Waals surface area contributed by atoms with Crippen LogP contribution in [0.1, 0.15) is 48.0 Å². The topological polar surface area (TPSA) is 41.6 Å². The molecule has 2 aromatic rings. The summed E-state index contributed by atoms with van der Waals surface area (Å²) in [5.74, 6) is 0.385. The minimum Gasteiger partial charge on any atom is -0.496 e. The van der Waals surface area contributed by atoms with Gasteiger partial charge in [-0.25, -0.2) is 0 Å². The van der Waals surface area contributed by atoms with E-state index in [1.165, 1.54) is 32.1 Å². The summed E-state index contributed by atoms with van der Waals surface area (Å²) in [6, 6.07) is 11.9. The number of nitrogens with one attached hydrogen (secondary N) is 1. The van der Waals surface area contributed by atoms with Crippen molar-refractivity contribution >= 4 is 43.5 Å². The molecule has 1 aliphatic rings. The van der Waals surface area contributed by atoms with Crippen LogP contribution in [0.5, 0.6) is 5.75 Å². The maximum Gasteiger partial charge on any atom is 0.259 e. The Morgan fingerprint density at radius 2 is 1.89 bits per heavy atom. The van der Waals surface area contributed by atoms with E-state index in [4.69, 9.17) is 4.74 Å². The zero-order valence-corrected chi connectivity index (χ0v) is 19.5. The number of hydrogen-bond donors (Lipinski definition) is 1. The Morgan fingerprint density at radius 3 is 2.61 bits per heavy atom. The Morgan fingerprint density at radius 1 is 1.18 bits per heavy atom. The van der Waals surface area contributed by atoms with Crippen molar-refractivity contribution in [3.05, 3.63) is 56.5 Å². The van der Waals surface area contributed by atoms with Gasteiger partial charge < -0.3 is 10.1 Å². The molecule has 1 N–H and O–H groups in total. The Balaban J connectivity index is 1.85. The lowest BCUT2D eigenvalue weighted by Crippen LogP contribution is -2.33. The molecule has 28 heavy (non-hydrogen) atoms. The third-order valence-corrected chi connectivity index (χ3v) is 6.43. The van der Waals surface area contributed by atoms with Crippen molar-refractivity contribution in [2.24, 2.45) is 0 Å². The average Bonchev–Trinajstić information content (AvgIpc) is 2.71. The van der Waals surface area contributed by atoms with Gasteiger partial charge in [0.1, 0.15) is 5.75 Å². The smallest absolute Gasteiger partial charge is 0.259 e. The standard InChI is InChI=1S/C22H26Br2N2O2/c1-26(17-8-4-3-5-9-17)14-15-12-16(23)13-19(24)21(15)25-22(27)18-10-6-7-11-20(18)28-2/h6-7,10-13,17H,3-5,8-9,14H2,1-2H3,(H,25,27). The second-order valence-corrected chi connectivity index (χ2v) is 9.05. The summed E-state index contributed by atoms with van der Waals surface area (Å²) in [6.07, 6.45) is 6.43. The van der Waals surface area contributed by atoms with Crippen LogP contribution in [0.2, 0.25) is 0 Å². The van der Waals surface area contributed by atoms with Crippen LogP contribution in [0.15, 0.2) is 45.3 Å². The Bertz CT molecular complexity index is 835. The average molecular weight is 510 g/mol. The monoisotopic (exact) mass is 508 g/mol. The number of ether oxygens (including phenoxy) is 1. The van der Waals surface area contributed by atoms with Gasteiger partial charge in [-0.1, -0.05) is 47.3 Å². The number of nitrogens with zero attached hydrogens (tertiary/aromatic N) is 1. The molecule has 1 aliphatic carbocycles. The zero-order chi connectivity index (χ0) is 20.1. The van der Waals surface area contributed by atoms with Crippen molar-refractivity contribution < 1.29 is 9.53 Å². The van der Waals surface area contributed by atoms with Crippen LogP contribution < -0.4 is 10.1 Å². The van der Waals surface area contributed by atoms with Gasteiger partial charge in [-0.15, -0.1) is 0 Å². The summed E-state index contributed by atoms with van der Waals surface area (Å²) in [7, 11) is 3.75. The number of hydrogen-bond acceptors (Lipinski definition) is 3. The first-order chi connectivity index (χ1) is 13.5. The SMILES string of the molecule is COc1ccccc1C(=O)Nc1c(Br)cc(Br)cc1CN(C)C1CCCCC1. The van der Waals surface area contributed by atoms with E-state index in [1.54, 1.807) is 19.2 Å². The Labute approximate surface area is 183 Å².